The van der Waals surface area contributed by atoms with Gasteiger partial charge in [-0.3, -0.25) is 4.79 Å². The normalized spacial score (nSPS) is 10.5. The quantitative estimate of drug-likeness (QED) is 0.935. The number of rotatable bonds is 4. The molecular formula is C14H16ClN3O. The molecule has 2 rings (SSSR count). The Bertz CT molecular complexity index is 637. The Labute approximate surface area is 117 Å². The summed E-state index contributed by atoms with van der Waals surface area (Å²) in [5.41, 5.74) is 2.66. The van der Waals surface area contributed by atoms with Crippen LogP contribution in [0.25, 0.3) is 0 Å². The van der Waals surface area contributed by atoms with Crippen molar-refractivity contribution in [2.75, 3.05) is 5.32 Å². The van der Waals surface area contributed by atoms with Gasteiger partial charge >= 0.3 is 0 Å². The highest BCUT2D eigenvalue weighted by atomic mass is 35.5. The van der Waals surface area contributed by atoms with Gasteiger partial charge in [0.25, 0.3) is 5.56 Å². The van der Waals surface area contributed by atoms with Crippen LogP contribution in [0.15, 0.2) is 35.3 Å². The van der Waals surface area contributed by atoms with Crippen molar-refractivity contribution in [2.45, 2.75) is 26.9 Å². The molecule has 0 aliphatic carbocycles. The Morgan fingerprint density at radius 2 is 2.11 bits per heavy atom. The van der Waals surface area contributed by atoms with Crippen molar-refractivity contribution >= 4 is 17.3 Å². The van der Waals surface area contributed by atoms with Crippen molar-refractivity contribution < 1.29 is 0 Å². The van der Waals surface area contributed by atoms with Gasteiger partial charge in [-0.15, -0.1) is 0 Å². The maximum atomic E-state index is 11.8. The van der Waals surface area contributed by atoms with Crippen LogP contribution in [0.5, 0.6) is 0 Å². The van der Waals surface area contributed by atoms with Gasteiger partial charge in [0.1, 0.15) is 5.02 Å². The van der Waals surface area contributed by atoms with Gasteiger partial charge in [0.05, 0.1) is 11.9 Å². The zero-order chi connectivity index (χ0) is 13.8. The molecule has 100 valence electrons. The van der Waals surface area contributed by atoms with E-state index in [2.05, 4.69) is 10.4 Å². The molecule has 0 unspecified atom stereocenters. The molecule has 0 aliphatic rings. The second kappa shape index (κ2) is 5.89. The molecule has 1 aromatic carbocycles. The first kappa shape index (κ1) is 13.6. The van der Waals surface area contributed by atoms with Crippen LogP contribution in [0.4, 0.5) is 5.69 Å². The molecule has 0 bridgehead atoms. The zero-order valence-corrected chi connectivity index (χ0v) is 11.7. The Hall–Kier alpha value is -1.81. The third kappa shape index (κ3) is 2.96. The molecule has 1 heterocycles. The molecule has 0 atom stereocenters. The maximum absolute atomic E-state index is 11.8. The van der Waals surface area contributed by atoms with Gasteiger partial charge in [0, 0.05) is 13.1 Å². The lowest BCUT2D eigenvalue weighted by Crippen LogP contribution is -2.23. The minimum atomic E-state index is -0.265. The number of nitrogens with one attached hydrogen (secondary N) is 1. The number of halogens is 1. The number of hydrogen-bond donors (Lipinski definition) is 1. The predicted molar refractivity (Wildman–Crippen MR) is 77.7 cm³/mol. The summed E-state index contributed by atoms with van der Waals surface area (Å²) >= 11 is 6.05. The summed E-state index contributed by atoms with van der Waals surface area (Å²) < 4.78 is 1.33. The highest BCUT2D eigenvalue weighted by molar-refractivity contribution is 6.32. The minimum Gasteiger partial charge on any atom is -0.378 e. The maximum Gasteiger partial charge on any atom is 0.287 e. The van der Waals surface area contributed by atoms with Gasteiger partial charge in [-0.1, -0.05) is 35.9 Å². The van der Waals surface area contributed by atoms with Crippen LogP contribution >= 0.6 is 11.6 Å². The molecule has 2 aromatic rings. The van der Waals surface area contributed by atoms with Gasteiger partial charge in [-0.25, -0.2) is 4.68 Å². The molecule has 4 nitrogen and oxygen atoms in total. The Kier molecular flexibility index (Phi) is 4.22. The lowest BCUT2D eigenvalue weighted by atomic mass is 10.1. The average Bonchev–Trinajstić information content (AvgIpc) is 2.42. The largest absolute Gasteiger partial charge is 0.378 e. The first-order chi connectivity index (χ1) is 9.13. The van der Waals surface area contributed by atoms with E-state index in [0.29, 0.717) is 18.8 Å². The summed E-state index contributed by atoms with van der Waals surface area (Å²) in [5, 5.41) is 7.39. The number of nitrogens with zero attached hydrogens (tertiary/aromatic N) is 2. The standard InChI is InChI=1S/C14H16ClN3O/c1-3-18-14(19)13(15)12(9-17-18)16-8-11-7-5-4-6-10(11)2/h4-7,9,16H,3,8H2,1-2H3. The van der Waals surface area contributed by atoms with Crippen LogP contribution in [0.2, 0.25) is 5.02 Å². The zero-order valence-electron chi connectivity index (χ0n) is 11.0. The van der Waals surface area contributed by atoms with Gasteiger partial charge < -0.3 is 5.32 Å². The van der Waals surface area contributed by atoms with E-state index < -0.39 is 0 Å². The van der Waals surface area contributed by atoms with Crippen LogP contribution in [-0.2, 0) is 13.1 Å². The third-order valence-corrected chi connectivity index (χ3v) is 3.38. The lowest BCUT2D eigenvalue weighted by molar-refractivity contribution is 0.616. The number of aromatic nitrogens is 2. The molecule has 0 amide bonds. The van der Waals surface area contributed by atoms with E-state index in [1.165, 1.54) is 15.8 Å². The van der Waals surface area contributed by atoms with Crippen molar-refractivity contribution in [1.82, 2.24) is 9.78 Å². The van der Waals surface area contributed by atoms with Crippen molar-refractivity contribution in [3.8, 4) is 0 Å². The van der Waals surface area contributed by atoms with Gasteiger partial charge in [-0.05, 0) is 25.0 Å². The highest BCUT2D eigenvalue weighted by Crippen LogP contribution is 2.17. The van der Waals surface area contributed by atoms with Crippen molar-refractivity contribution in [1.29, 1.82) is 0 Å². The van der Waals surface area contributed by atoms with Crippen LogP contribution in [0, 0.1) is 6.92 Å². The van der Waals surface area contributed by atoms with E-state index in [0.717, 1.165) is 0 Å². The summed E-state index contributed by atoms with van der Waals surface area (Å²) in [6.07, 6.45) is 1.59. The summed E-state index contributed by atoms with van der Waals surface area (Å²) in [5.74, 6) is 0. The Balaban J connectivity index is 2.19. The predicted octanol–water partition coefficient (Wildman–Crippen LogP) is 2.84. The third-order valence-electron chi connectivity index (χ3n) is 3.01. The fourth-order valence-corrected chi connectivity index (χ4v) is 2.03. The molecule has 0 aliphatic heterocycles. The van der Waals surface area contributed by atoms with Crippen LogP contribution in [0.1, 0.15) is 18.1 Å². The molecular weight excluding hydrogens is 262 g/mol. The summed E-state index contributed by atoms with van der Waals surface area (Å²) in [6.45, 7) is 5.03. The van der Waals surface area contributed by atoms with Gasteiger partial charge in [-0.2, -0.15) is 5.10 Å². The smallest absolute Gasteiger partial charge is 0.287 e. The molecule has 1 N–H and O–H groups in total. The monoisotopic (exact) mass is 277 g/mol. The number of benzene rings is 1. The molecule has 0 fully saturated rings. The van der Waals surface area contributed by atoms with E-state index in [1.807, 2.05) is 38.1 Å². The molecule has 0 radical (unpaired) electrons. The van der Waals surface area contributed by atoms with E-state index in [9.17, 15) is 4.79 Å². The SMILES string of the molecule is CCn1ncc(NCc2ccccc2C)c(Cl)c1=O. The van der Waals surface area contributed by atoms with Gasteiger partial charge in [0.2, 0.25) is 0 Å². The summed E-state index contributed by atoms with van der Waals surface area (Å²) in [4.78, 5) is 11.8. The highest BCUT2D eigenvalue weighted by Gasteiger charge is 2.08. The summed E-state index contributed by atoms with van der Waals surface area (Å²) in [7, 11) is 0. The Morgan fingerprint density at radius 3 is 2.79 bits per heavy atom. The number of anilines is 1. The molecule has 5 heteroatoms. The molecule has 19 heavy (non-hydrogen) atoms. The molecule has 1 aromatic heterocycles. The Morgan fingerprint density at radius 1 is 1.37 bits per heavy atom. The fourth-order valence-electron chi connectivity index (χ4n) is 1.81. The number of hydrogen-bond acceptors (Lipinski definition) is 3. The second-order valence-corrected chi connectivity index (χ2v) is 4.65. The second-order valence-electron chi connectivity index (χ2n) is 4.27. The molecule has 0 spiro atoms. The number of aryl methyl sites for hydroxylation is 2. The van der Waals surface area contributed by atoms with Crippen molar-refractivity contribution in [3.63, 3.8) is 0 Å². The summed E-state index contributed by atoms with van der Waals surface area (Å²) in [6, 6.07) is 8.07. The molecule has 0 saturated heterocycles. The van der Waals surface area contributed by atoms with E-state index in [-0.39, 0.29) is 10.6 Å². The first-order valence-electron chi connectivity index (χ1n) is 6.17. The molecule has 0 saturated carbocycles. The fraction of sp³-hybridized carbons (Fsp3) is 0.286. The van der Waals surface area contributed by atoms with Crippen LogP contribution in [-0.4, -0.2) is 9.78 Å². The average molecular weight is 278 g/mol. The van der Waals surface area contributed by atoms with Gasteiger partial charge in [0.15, 0.2) is 0 Å². The van der Waals surface area contributed by atoms with E-state index in [4.69, 9.17) is 11.6 Å². The minimum absolute atomic E-state index is 0.186. The van der Waals surface area contributed by atoms with E-state index in [1.54, 1.807) is 6.20 Å². The van der Waals surface area contributed by atoms with Crippen LogP contribution < -0.4 is 10.9 Å². The first-order valence-corrected chi connectivity index (χ1v) is 6.55. The van der Waals surface area contributed by atoms with E-state index >= 15 is 0 Å². The topological polar surface area (TPSA) is 46.9 Å². The van der Waals surface area contributed by atoms with Crippen molar-refractivity contribution in [3.05, 3.63) is 57.0 Å². The van der Waals surface area contributed by atoms with Crippen LogP contribution in [0.3, 0.4) is 0 Å². The van der Waals surface area contributed by atoms with Crippen molar-refractivity contribution in [2.24, 2.45) is 0 Å². The lowest BCUT2D eigenvalue weighted by Gasteiger charge is -2.10.